The molecule has 0 radical (unpaired) electrons. The Hall–Kier alpha value is -3.73. The van der Waals surface area contributed by atoms with Crippen molar-refractivity contribution >= 4 is 67.3 Å². The van der Waals surface area contributed by atoms with E-state index in [9.17, 15) is 28.6 Å². The minimum atomic E-state index is -1.23. The van der Waals surface area contributed by atoms with Gasteiger partial charge in [0.15, 0.2) is 16.7 Å². The summed E-state index contributed by atoms with van der Waals surface area (Å²) in [4.78, 5) is 31.7. The Balaban J connectivity index is 1.75. The number of phenols is 1. The maximum Gasteiger partial charge on any atom is 0.301 e. The number of hydrogen-bond acceptors (Lipinski definition) is 7. The van der Waals surface area contributed by atoms with E-state index in [-0.39, 0.29) is 48.0 Å². The number of carbonyl (C=O) groups is 2. The van der Waals surface area contributed by atoms with Gasteiger partial charge in [0.05, 0.1) is 33.5 Å². The minimum absolute atomic E-state index is 0.0370. The van der Waals surface area contributed by atoms with E-state index in [0.29, 0.717) is 11.6 Å². The van der Waals surface area contributed by atoms with Crippen molar-refractivity contribution < 1.29 is 33.3 Å². The fourth-order valence-electron chi connectivity index (χ4n) is 4.10. The molecule has 1 saturated heterocycles. The number of ketones is 1. The summed E-state index contributed by atoms with van der Waals surface area (Å²) in [5.74, 6) is -4.37. The number of anilines is 1. The third-order valence-corrected chi connectivity index (χ3v) is 7.30. The molecular formula is C25H14Cl2F2N2O5S. The number of ether oxygens (including phenoxy) is 1. The van der Waals surface area contributed by atoms with Crippen LogP contribution in [-0.4, -0.2) is 34.0 Å². The van der Waals surface area contributed by atoms with Gasteiger partial charge in [0, 0.05) is 11.6 Å². The second kappa shape index (κ2) is 9.29. The average molecular weight is 563 g/mol. The first kappa shape index (κ1) is 24.9. The maximum absolute atomic E-state index is 14.4. The van der Waals surface area contributed by atoms with Gasteiger partial charge in [0.1, 0.15) is 22.8 Å². The van der Waals surface area contributed by atoms with Crippen molar-refractivity contribution in [3.05, 3.63) is 86.9 Å². The third kappa shape index (κ3) is 4.16. The van der Waals surface area contributed by atoms with Gasteiger partial charge in [0.2, 0.25) is 0 Å². The van der Waals surface area contributed by atoms with Crippen LogP contribution in [0.15, 0.2) is 54.1 Å². The highest BCUT2D eigenvalue weighted by molar-refractivity contribution is 7.22. The number of nitrogens with zero attached hydrogens (tertiary/aromatic N) is 2. The molecule has 5 rings (SSSR count). The van der Waals surface area contributed by atoms with E-state index in [1.54, 1.807) is 0 Å². The topological polar surface area (TPSA) is 100.0 Å². The van der Waals surface area contributed by atoms with E-state index in [2.05, 4.69) is 4.98 Å². The molecule has 4 aromatic rings. The molecule has 1 amide bonds. The molecule has 2 heterocycles. The van der Waals surface area contributed by atoms with Crippen LogP contribution in [0.25, 0.3) is 16.0 Å². The normalized spacial score (nSPS) is 17.1. The molecule has 37 heavy (non-hydrogen) atoms. The molecule has 2 N–H and O–H groups in total. The van der Waals surface area contributed by atoms with Crippen LogP contribution >= 0.6 is 34.5 Å². The van der Waals surface area contributed by atoms with Crippen molar-refractivity contribution in [3.8, 4) is 11.5 Å². The second-order valence-corrected chi connectivity index (χ2v) is 9.79. The van der Waals surface area contributed by atoms with Crippen LogP contribution in [0.3, 0.4) is 0 Å². The van der Waals surface area contributed by atoms with Gasteiger partial charge in [-0.3, -0.25) is 14.5 Å². The van der Waals surface area contributed by atoms with Gasteiger partial charge in [-0.1, -0.05) is 46.7 Å². The van der Waals surface area contributed by atoms with Crippen molar-refractivity contribution in [1.82, 2.24) is 4.98 Å². The SMILES string of the molecule is COc1c(Cl)cc(/C(O)=C2\C(=O)C(=O)N(c3nc4c(F)cc(F)cc4s3)C2c2ccc(O)cc2)cc1Cl. The first-order valence-corrected chi connectivity index (χ1v) is 12.1. The van der Waals surface area contributed by atoms with Gasteiger partial charge >= 0.3 is 5.91 Å². The van der Waals surface area contributed by atoms with Crippen LogP contribution in [0.4, 0.5) is 13.9 Å². The fraction of sp³-hybridized carbons (Fsp3) is 0.0800. The van der Waals surface area contributed by atoms with E-state index < -0.39 is 35.1 Å². The van der Waals surface area contributed by atoms with Gasteiger partial charge < -0.3 is 14.9 Å². The lowest BCUT2D eigenvalue weighted by atomic mass is 9.95. The molecule has 1 fully saturated rings. The monoisotopic (exact) mass is 562 g/mol. The number of aliphatic hydroxyl groups excluding tert-OH is 1. The summed E-state index contributed by atoms with van der Waals surface area (Å²) < 4.78 is 33.4. The summed E-state index contributed by atoms with van der Waals surface area (Å²) in [6, 6.07) is 8.71. The maximum atomic E-state index is 14.4. The number of aromatic hydroxyl groups is 1. The standard InChI is InChI=1S/C25H14Cl2F2N2O5S/c1-36-23-14(26)6-11(7-15(23)27)21(33)18-20(10-2-4-13(32)5-3-10)31(24(35)22(18)34)25-30-19-16(29)8-12(28)9-17(19)37-25/h2-9,20,32-33H,1H3/b21-18+. The summed E-state index contributed by atoms with van der Waals surface area (Å²) in [5, 5.41) is 21.0. The van der Waals surface area contributed by atoms with E-state index in [1.165, 1.54) is 43.5 Å². The Morgan fingerprint density at radius 1 is 1.08 bits per heavy atom. The molecule has 7 nitrogen and oxygen atoms in total. The molecule has 1 aliphatic rings. The van der Waals surface area contributed by atoms with Crippen LogP contribution in [0.2, 0.25) is 10.0 Å². The van der Waals surface area contributed by atoms with Crippen molar-refractivity contribution in [3.63, 3.8) is 0 Å². The molecule has 12 heteroatoms. The summed E-state index contributed by atoms with van der Waals surface area (Å²) in [5.41, 5.74) is -0.134. The molecule has 0 bridgehead atoms. The summed E-state index contributed by atoms with van der Waals surface area (Å²) in [6.07, 6.45) is 0. The highest BCUT2D eigenvalue weighted by atomic mass is 35.5. The van der Waals surface area contributed by atoms with Gasteiger partial charge in [-0.25, -0.2) is 13.8 Å². The predicted molar refractivity (Wildman–Crippen MR) is 135 cm³/mol. The molecule has 1 aromatic heterocycles. The van der Waals surface area contributed by atoms with E-state index >= 15 is 0 Å². The molecule has 0 spiro atoms. The lowest BCUT2D eigenvalue weighted by molar-refractivity contribution is -0.132. The highest BCUT2D eigenvalue weighted by Gasteiger charge is 2.48. The van der Waals surface area contributed by atoms with Gasteiger partial charge in [-0.05, 0) is 35.9 Å². The summed E-state index contributed by atoms with van der Waals surface area (Å²) >= 11 is 13.2. The van der Waals surface area contributed by atoms with Crippen molar-refractivity contribution in [2.75, 3.05) is 12.0 Å². The summed E-state index contributed by atoms with van der Waals surface area (Å²) in [7, 11) is 1.36. The van der Waals surface area contributed by atoms with Gasteiger partial charge in [0.25, 0.3) is 5.78 Å². The molecular weight excluding hydrogens is 549 g/mol. The lowest BCUT2D eigenvalue weighted by Crippen LogP contribution is -2.29. The third-order valence-electron chi connectivity index (χ3n) is 5.74. The molecule has 1 aliphatic heterocycles. The zero-order valence-electron chi connectivity index (χ0n) is 18.6. The summed E-state index contributed by atoms with van der Waals surface area (Å²) in [6.45, 7) is 0. The smallest absolute Gasteiger partial charge is 0.301 e. The number of aromatic nitrogens is 1. The molecule has 188 valence electrons. The molecule has 1 atom stereocenters. The predicted octanol–water partition coefficient (Wildman–Crippen LogP) is 6.22. The Morgan fingerprint density at radius 3 is 2.35 bits per heavy atom. The average Bonchev–Trinajstić information content (AvgIpc) is 3.37. The molecule has 3 aromatic carbocycles. The number of amides is 1. The molecule has 0 saturated carbocycles. The Morgan fingerprint density at radius 2 is 1.73 bits per heavy atom. The van der Waals surface area contributed by atoms with E-state index in [0.717, 1.165) is 22.3 Å². The number of benzene rings is 3. The Kier molecular flexibility index (Phi) is 6.26. The number of halogens is 4. The number of rotatable bonds is 4. The minimum Gasteiger partial charge on any atom is -0.508 e. The molecule has 1 unspecified atom stereocenters. The quantitative estimate of drug-likeness (QED) is 0.174. The fourth-order valence-corrected chi connectivity index (χ4v) is 5.77. The number of methoxy groups -OCH3 is 1. The highest BCUT2D eigenvalue weighted by Crippen LogP contribution is 2.46. The van der Waals surface area contributed by atoms with Crippen LogP contribution < -0.4 is 9.64 Å². The zero-order chi connectivity index (χ0) is 26.6. The largest absolute Gasteiger partial charge is 0.508 e. The first-order valence-electron chi connectivity index (χ1n) is 10.5. The van der Waals surface area contributed by atoms with Gasteiger partial charge in [-0.2, -0.15) is 0 Å². The first-order chi connectivity index (χ1) is 17.6. The number of aliphatic hydroxyl groups is 1. The number of carbonyl (C=O) groups excluding carboxylic acids is 2. The Bertz CT molecular complexity index is 1620. The number of fused-ring (bicyclic) bond motifs is 1. The van der Waals surface area contributed by atoms with E-state index in [4.69, 9.17) is 27.9 Å². The number of Topliss-reactive ketones (excluding diaryl/α,β-unsaturated/α-hetero) is 1. The van der Waals surface area contributed by atoms with Crippen molar-refractivity contribution in [1.29, 1.82) is 0 Å². The number of thiazole rings is 1. The van der Waals surface area contributed by atoms with Crippen molar-refractivity contribution in [2.45, 2.75) is 6.04 Å². The van der Waals surface area contributed by atoms with E-state index in [1.807, 2.05) is 0 Å². The van der Waals surface area contributed by atoms with Crippen LogP contribution in [0.1, 0.15) is 17.2 Å². The molecule has 0 aliphatic carbocycles. The van der Waals surface area contributed by atoms with Gasteiger partial charge in [-0.15, -0.1) is 0 Å². The lowest BCUT2D eigenvalue weighted by Gasteiger charge is -2.23. The number of hydrogen-bond donors (Lipinski definition) is 2. The Labute approximate surface area is 221 Å². The van der Waals surface area contributed by atoms with Crippen molar-refractivity contribution in [2.24, 2.45) is 0 Å². The zero-order valence-corrected chi connectivity index (χ0v) is 21.0. The van der Waals surface area contributed by atoms with Crippen LogP contribution in [0.5, 0.6) is 11.5 Å². The van der Waals surface area contributed by atoms with Crippen LogP contribution in [0, 0.1) is 11.6 Å². The second-order valence-electron chi connectivity index (χ2n) is 7.96. The van der Waals surface area contributed by atoms with Crippen LogP contribution in [-0.2, 0) is 9.59 Å². The number of phenolic OH excluding ortho intramolecular Hbond substituents is 1.